The first kappa shape index (κ1) is 9.96. The average Bonchev–Trinajstić information content (AvgIpc) is 2.28. The summed E-state index contributed by atoms with van der Waals surface area (Å²) in [5.41, 5.74) is 0. The number of carbonyl (C=O) groups is 1. The van der Waals surface area contributed by atoms with Crippen LogP contribution < -0.4 is 0 Å². The Morgan fingerprint density at radius 1 is 1.75 bits per heavy atom. The van der Waals surface area contributed by atoms with Gasteiger partial charge in [-0.2, -0.15) is 0 Å². The van der Waals surface area contributed by atoms with Gasteiger partial charge in [0.1, 0.15) is 4.34 Å². The second-order valence-corrected chi connectivity index (χ2v) is 4.75. The molecule has 0 aliphatic rings. The highest BCUT2D eigenvalue weighted by molar-refractivity contribution is 9.10. The summed E-state index contributed by atoms with van der Waals surface area (Å²) >= 11 is 10.5. The predicted octanol–water partition coefficient (Wildman–Crippen LogP) is 3.77. The van der Waals surface area contributed by atoms with Crippen LogP contribution in [0.3, 0.4) is 0 Å². The summed E-state index contributed by atoms with van der Waals surface area (Å²) in [5.74, 6) is 0.0376. The summed E-state index contributed by atoms with van der Waals surface area (Å²) in [4.78, 5) is 11.6. The van der Waals surface area contributed by atoms with Gasteiger partial charge in [0, 0.05) is 9.35 Å². The molecule has 0 aliphatic carbocycles. The molecule has 0 atom stereocenters. The van der Waals surface area contributed by atoms with Gasteiger partial charge in [-0.3, -0.25) is 4.79 Å². The molecule has 0 N–H and O–H groups in total. The zero-order valence-electron chi connectivity index (χ0n) is 6.30. The van der Waals surface area contributed by atoms with Crippen LogP contribution in [-0.2, 0) is 4.79 Å². The Kier molecular flexibility index (Phi) is 3.50. The van der Waals surface area contributed by atoms with E-state index in [1.54, 1.807) is 6.08 Å². The van der Waals surface area contributed by atoms with Crippen molar-refractivity contribution < 1.29 is 4.79 Å². The Morgan fingerprint density at radius 3 is 2.83 bits per heavy atom. The Bertz CT molecular complexity index is 310. The van der Waals surface area contributed by atoms with Crippen LogP contribution in [0.4, 0.5) is 0 Å². The van der Waals surface area contributed by atoms with Gasteiger partial charge in [-0.05, 0) is 41.1 Å². The Hall–Kier alpha value is -0.120. The molecular weight excluding hydrogens is 260 g/mol. The first-order valence-electron chi connectivity index (χ1n) is 3.23. The third kappa shape index (κ3) is 2.73. The first-order valence-corrected chi connectivity index (χ1v) is 5.22. The molecule has 12 heavy (non-hydrogen) atoms. The lowest BCUT2D eigenvalue weighted by Gasteiger charge is -1.79. The molecule has 1 aromatic heterocycles. The lowest BCUT2D eigenvalue weighted by molar-refractivity contribution is -0.112. The fourth-order valence-electron chi connectivity index (χ4n) is 0.645. The monoisotopic (exact) mass is 264 g/mol. The number of thiophene rings is 1. The van der Waals surface area contributed by atoms with E-state index in [1.165, 1.54) is 24.3 Å². The van der Waals surface area contributed by atoms with E-state index < -0.39 is 0 Å². The topological polar surface area (TPSA) is 17.1 Å². The van der Waals surface area contributed by atoms with Gasteiger partial charge in [0.25, 0.3) is 0 Å². The van der Waals surface area contributed by atoms with E-state index in [-0.39, 0.29) is 5.78 Å². The van der Waals surface area contributed by atoms with Crippen LogP contribution in [0, 0.1) is 0 Å². The maximum absolute atomic E-state index is 10.6. The molecule has 64 valence electrons. The molecule has 0 radical (unpaired) electrons. The highest BCUT2D eigenvalue weighted by Crippen LogP contribution is 2.32. The fraction of sp³-hybridized carbons (Fsp3) is 0.125. The van der Waals surface area contributed by atoms with Crippen molar-refractivity contribution in [3.8, 4) is 0 Å². The van der Waals surface area contributed by atoms with Gasteiger partial charge >= 0.3 is 0 Å². The lowest BCUT2D eigenvalue weighted by Crippen LogP contribution is -1.77. The number of halogens is 2. The van der Waals surface area contributed by atoms with Crippen LogP contribution >= 0.6 is 38.9 Å². The van der Waals surface area contributed by atoms with Crippen LogP contribution in [0.2, 0.25) is 4.34 Å². The van der Waals surface area contributed by atoms with Crippen LogP contribution in [0.5, 0.6) is 0 Å². The molecule has 0 amide bonds. The predicted molar refractivity (Wildman–Crippen MR) is 56.7 cm³/mol. The van der Waals surface area contributed by atoms with E-state index in [0.29, 0.717) is 4.34 Å². The summed E-state index contributed by atoms with van der Waals surface area (Å²) in [6.45, 7) is 1.51. The van der Waals surface area contributed by atoms with Crippen molar-refractivity contribution in [2.75, 3.05) is 0 Å². The van der Waals surface area contributed by atoms with Gasteiger partial charge in [-0.1, -0.05) is 11.6 Å². The second kappa shape index (κ2) is 4.21. The summed E-state index contributed by atoms with van der Waals surface area (Å²) in [6, 6.07) is 1.88. The second-order valence-electron chi connectivity index (χ2n) is 2.21. The summed E-state index contributed by atoms with van der Waals surface area (Å²) in [7, 11) is 0. The SMILES string of the molecule is CC(=O)/C=C/c1cc(Br)c(Cl)s1. The molecule has 1 rings (SSSR count). The lowest BCUT2D eigenvalue weighted by atomic mass is 10.3. The zero-order chi connectivity index (χ0) is 9.14. The quantitative estimate of drug-likeness (QED) is 0.744. The van der Waals surface area contributed by atoms with Gasteiger partial charge in [-0.15, -0.1) is 11.3 Å². The van der Waals surface area contributed by atoms with E-state index in [0.717, 1.165) is 9.35 Å². The number of allylic oxidation sites excluding steroid dienone is 1. The number of hydrogen-bond acceptors (Lipinski definition) is 2. The number of ketones is 1. The maximum atomic E-state index is 10.6. The highest BCUT2D eigenvalue weighted by atomic mass is 79.9. The molecule has 1 heterocycles. The number of carbonyl (C=O) groups excluding carboxylic acids is 1. The van der Waals surface area contributed by atoms with Crippen LogP contribution in [0.15, 0.2) is 16.6 Å². The van der Waals surface area contributed by atoms with Crippen LogP contribution in [0.25, 0.3) is 6.08 Å². The van der Waals surface area contributed by atoms with Gasteiger partial charge in [0.05, 0.1) is 0 Å². The minimum absolute atomic E-state index is 0.0376. The molecule has 1 nitrogen and oxygen atoms in total. The van der Waals surface area contributed by atoms with Crippen LogP contribution in [0.1, 0.15) is 11.8 Å². The van der Waals surface area contributed by atoms with E-state index in [2.05, 4.69) is 15.9 Å². The van der Waals surface area contributed by atoms with Crippen LogP contribution in [-0.4, -0.2) is 5.78 Å². The fourth-order valence-corrected chi connectivity index (χ4v) is 2.28. The molecule has 0 aliphatic heterocycles. The van der Waals surface area contributed by atoms with Gasteiger partial charge < -0.3 is 0 Å². The minimum Gasteiger partial charge on any atom is -0.295 e. The zero-order valence-corrected chi connectivity index (χ0v) is 9.46. The van der Waals surface area contributed by atoms with E-state index in [9.17, 15) is 4.79 Å². The molecule has 1 aromatic rings. The Morgan fingerprint density at radius 2 is 2.42 bits per heavy atom. The highest BCUT2D eigenvalue weighted by Gasteiger charge is 2.00. The van der Waals surface area contributed by atoms with Crippen molar-refractivity contribution in [2.24, 2.45) is 0 Å². The Balaban J connectivity index is 2.83. The van der Waals surface area contributed by atoms with Gasteiger partial charge in [0.2, 0.25) is 0 Å². The van der Waals surface area contributed by atoms with Crippen molar-refractivity contribution in [1.82, 2.24) is 0 Å². The third-order valence-corrected chi connectivity index (χ3v) is 3.59. The van der Waals surface area contributed by atoms with E-state index >= 15 is 0 Å². The molecule has 0 spiro atoms. The number of rotatable bonds is 2. The normalized spacial score (nSPS) is 10.9. The van der Waals surface area contributed by atoms with Crippen molar-refractivity contribution in [3.05, 3.63) is 25.8 Å². The molecule has 0 fully saturated rings. The van der Waals surface area contributed by atoms with E-state index in [1.807, 2.05) is 6.07 Å². The molecule has 0 aromatic carbocycles. The smallest absolute Gasteiger partial charge is 0.152 e. The largest absolute Gasteiger partial charge is 0.295 e. The Labute approximate surface area is 88.2 Å². The first-order chi connectivity index (χ1) is 5.59. The summed E-state index contributed by atoms with van der Waals surface area (Å²) in [5, 5.41) is 0. The average molecular weight is 266 g/mol. The molecule has 0 bridgehead atoms. The van der Waals surface area contributed by atoms with Crippen molar-refractivity contribution in [2.45, 2.75) is 6.92 Å². The molecule has 4 heteroatoms. The molecular formula is C8H6BrClOS. The van der Waals surface area contributed by atoms with E-state index in [4.69, 9.17) is 11.6 Å². The van der Waals surface area contributed by atoms with Gasteiger partial charge in [0.15, 0.2) is 5.78 Å². The number of hydrogen-bond donors (Lipinski definition) is 0. The van der Waals surface area contributed by atoms with Crippen molar-refractivity contribution in [1.29, 1.82) is 0 Å². The molecule has 0 unspecified atom stereocenters. The van der Waals surface area contributed by atoms with Crippen molar-refractivity contribution >= 4 is 50.7 Å². The summed E-state index contributed by atoms with van der Waals surface area (Å²) < 4.78 is 1.58. The van der Waals surface area contributed by atoms with Gasteiger partial charge in [-0.25, -0.2) is 0 Å². The summed E-state index contributed by atoms with van der Waals surface area (Å²) in [6.07, 6.45) is 3.28. The maximum Gasteiger partial charge on any atom is 0.152 e. The van der Waals surface area contributed by atoms with Crippen molar-refractivity contribution in [3.63, 3.8) is 0 Å². The standard InChI is InChI=1S/C8H6BrClOS/c1-5(11)2-3-6-4-7(9)8(10)12-6/h2-4H,1H3/b3-2+. The third-order valence-electron chi connectivity index (χ3n) is 1.15. The minimum atomic E-state index is 0.0376. The molecule has 0 saturated heterocycles. The molecule has 0 saturated carbocycles.